The highest BCUT2D eigenvalue weighted by atomic mass is 35.5. The van der Waals surface area contributed by atoms with Crippen molar-refractivity contribution in [3.05, 3.63) is 117 Å². The molecule has 9 heteroatoms. The Balaban J connectivity index is 1.70. The predicted octanol–water partition coefficient (Wildman–Crippen LogP) is 6.29. The molecule has 0 aliphatic carbocycles. The zero-order valence-corrected chi connectivity index (χ0v) is 20.8. The SMILES string of the molecule is O=C(O)c1cccc(-c2ccc(CN(C(=O)c3ccc(Cl)cc3Cl)C(Cc3ccccc3)C(=O)O)o2)c1. The highest BCUT2D eigenvalue weighted by molar-refractivity contribution is 6.36. The summed E-state index contributed by atoms with van der Waals surface area (Å²) in [5.74, 6) is -2.17. The van der Waals surface area contributed by atoms with Gasteiger partial charge in [-0.05, 0) is 48.0 Å². The number of nitrogens with zero attached hydrogens (tertiary/aromatic N) is 1. The molecule has 1 amide bonds. The largest absolute Gasteiger partial charge is 0.480 e. The number of furan rings is 1. The third-order valence-corrected chi connectivity index (χ3v) is 6.29. The van der Waals surface area contributed by atoms with Crippen molar-refractivity contribution >= 4 is 41.0 Å². The summed E-state index contributed by atoms with van der Waals surface area (Å²) in [6.45, 7) is -0.166. The van der Waals surface area contributed by atoms with E-state index in [9.17, 15) is 24.6 Å². The van der Waals surface area contributed by atoms with E-state index >= 15 is 0 Å². The van der Waals surface area contributed by atoms with Crippen molar-refractivity contribution in [2.45, 2.75) is 19.0 Å². The van der Waals surface area contributed by atoms with Crippen molar-refractivity contribution in [2.75, 3.05) is 0 Å². The molecule has 188 valence electrons. The summed E-state index contributed by atoms with van der Waals surface area (Å²) in [7, 11) is 0. The molecule has 0 saturated carbocycles. The number of hydrogen-bond acceptors (Lipinski definition) is 4. The van der Waals surface area contributed by atoms with E-state index in [4.69, 9.17) is 27.6 Å². The monoisotopic (exact) mass is 537 g/mol. The summed E-state index contributed by atoms with van der Waals surface area (Å²) in [4.78, 5) is 38.6. The Morgan fingerprint density at radius 1 is 0.865 bits per heavy atom. The van der Waals surface area contributed by atoms with E-state index in [-0.39, 0.29) is 29.1 Å². The van der Waals surface area contributed by atoms with Crippen LogP contribution in [0.5, 0.6) is 0 Å². The number of carbonyl (C=O) groups excluding carboxylic acids is 1. The van der Waals surface area contributed by atoms with Gasteiger partial charge in [0.15, 0.2) is 0 Å². The summed E-state index contributed by atoms with van der Waals surface area (Å²) in [5.41, 5.74) is 1.47. The number of rotatable bonds is 9. The lowest BCUT2D eigenvalue weighted by molar-refractivity contribution is -0.142. The topological polar surface area (TPSA) is 108 Å². The molecule has 1 aromatic heterocycles. The van der Waals surface area contributed by atoms with Gasteiger partial charge in [-0.2, -0.15) is 0 Å². The number of aromatic carboxylic acids is 1. The Bertz CT molecular complexity index is 1450. The van der Waals surface area contributed by atoms with Gasteiger partial charge in [-0.25, -0.2) is 9.59 Å². The second-order valence-electron chi connectivity index (χ2n) is 8.25. The zero-order valence-electron chi connectivity index (χ0n) is 19.3. The van der Waals surface area contributed by atoms with Crippen LogP contribution in [0.4, 0.5) is 0 Å². The van der Waals surface area contributed by atoms with E-state index in [1.54, 1.807) is 48.5 Å². The van der Waals surface area contributed by atoms with Crippen LogP contribution in [-0.4, -0.2) is 39.0 Å². The first kappa shape index (κ1) is 26.0. The summed E-state index contributed by atoms with van der Waals surface area (Å²) in [6.07, 6.45) is 0.0569. The molecule has 1 unspecified atom stereocenters. The van der Waals surface area contributed by atoms with Crippen LogP contribution >= 0.6 is 23.2 Å². The number of amides is 1. The molecule has 0 aliphatic rings. The lowest BCUT2D eigenvalue weighted by Crippen LogP contribution is -2.46. The van der Waals surface area contributed by atoms with Crippen LogP contribution < -0.4 is 0 Å². The minimum Gasteiger partial charge on any atom is -0.480 e. The van der Waals surface area contributed by atoms with Gasteiger partial charge in [0.05, 0.1) is 22.7 Å². The molecule has 4 rings (SSSR count). The predicted molar refractivity (Wildman–Crippen MR) is 139 cm³/mol. The Hall–Kier alpha value is -4.07. The Kier molecular flexibility index (Phi) is 7.96. The maximum absolute atomic E-state index is 13.6. The second-order valence-corrected chi connectivity index (χ2v) is 9.10. The maximum Gasteiger partial charge on any atom is 0.335 e. The number of halogens is 2. The van der Waals surface area contributed by atoms with Gasteiger partial charge in [0, 0.05) is 17.0 Å². The van der Waals surface area contributed by atoms with Gasteiger partial charge in [-0.15, -0.1) is 0 Å². The van der Waals surface area contributed by atoms with Gasteiger partial charge < -0.3 is 19.5 Å². The molecule has 1 heterocycles. The minimum atomic E-state index is -1.23. The van der Waals surface area contributed by atoms with Gasteiger partial charge in [0.1, 0.15) is 17.6 Å². The van der Waals surface area contributed by atoms with Crippen LogP contribution in [0, 0.1) is 0 Å². The fraction of sp³-hybridized carbons (Fsp3) is 0.107. The second kappa shape index (κ2) is 11.3. The fourth-order valence-electron chi connectivity index (χ4n) is 3.90. The molecule has 37 heavy (non-hydrogen) atoms. The molecule has 4 aromatic rings. The molecule has 0 radical (unpaired) electrons. The highest BCUT2D eigenvalue weighted by Gasteiger charge is 2.32. The fourth-order valence-corrected chi connectivity index (χ4v) is 4.39. The molecular weight excluding hydrogens is 517 g/mol. The molecule has 0 spiro atoms. The highest BCUT2D eigenvalue weighted by Crippen LogP contribution is 2.28. The van der Waals surface area contributed by atoms with Crippen LogP contribution in [0.15, 0.2) is 89.3 Å². The first-order chi connectivity index (χ1) is 17.7. The number of carbonyl (C=O) groups is 3. The number of carboxylic acid groups (broad SMARTS) is 2. The summed E-state index contributed by atoms with van der Waals surface area (Å²) in [6, 6.07) is 21.6. The van der Waals surface area contributed by atoms with Crippen LogP contribution in [0.25, 0.3) is 11.3 Å². The van der Waals surface area contributed by atoms with Crippen molar-refractivity contribution < 1.29 is 29.0 Å². The number of aliphatic carboxylic acids is 1. The average molecular weight is 538 g/mol. The van der Waals surface area contributed by atoms with Crippen molar-refractivity contribution in [2.24, 2.45) is 0 Å². The molecule has 2 N–H and O–H groups in total. The van der Waals surface area contributed by atoms with Crippen LogP contribution in [0.1, 0.15) is 32.0 Å². The average Bonchev–Trinajstić information content (AvgIpc) is 3.35. The van der Waals surface area contributed by atoms with E-state index in [2.05, 4.69) is 0 Å². The van der Waals surface area contributed by atoms with Crippen molar-refractivity contribution in [1.82, 2.24) is 4.90 Å². The van der Waals surface area contributed by atoms with Crippen LogP contribution in [-0.2, 0) is 17.8 Å². The van der Waals surface area contributed by atoms with E-state index < -0.39 is 23.9 Å². The van der Waals surface area contributed by atoms with E-state index in [1.165, 1.54) is 35.2 Å². The van der Waals surface area contributed by atoms with Crippen molar-refractivity contribution in [3.63, 3.8) is 0 Å². The molecule has 0 bridgehead atoms. The maximum atomic E-state index is 13.6. The first-order valence-electron chi connectivity index (χ1n) is 11.2. The molecule has 3 aromatic carbocycles. The lowest BCUT2D eigenvalue weighted by atomic mass is 10.0. The molecule has 7 nitrogen and oxygen atoms in total. The standard InChI is InChI=1S/C28H21Cl2NO6/c29-20-9-11-22(23(30)15-20)26(32)31(24(28(35)36)13-17-5-2-1-3-6-17)16-21-10-12-25(37-21)18-7-4-8-19(14-18)27(33)34/h1-12,14-15,24H,13,16H2,(H,33,34)(H,35,36). The van der Waals surface area contributed by atoms with E-state index in [0.29, 0.717) is 22.1 Å². The normalized spacial score (nSPS) is 11.6. The lowest BCUT2D eigenvalue weighted by Gasteiger charge is -2.29. The Morgan fingerprint density at radius 2 is 1.62 bits per heavy atom. The first-order valence-corrected chi connectivity index (χ1v) is 11.9. The summed E-state index contributed by atoms with van der Waals surface area (Å²) < 4.78 is 5.92. The molecule has 1 atom stereocenters. The zero-order chi connectivity index (χ0) is 26.5. The van der Waals surface area contributed by atoms with Crippen molar-refractivity contribution in [1.29, 1.82) is 0 Å². The summed E-state index contributed by atoms with van der Waals surface area (Å²) >= 11 is 12.3. The third kappa shape index (κ3) is 6.20. The molecule has 0 saturated heterocycles. The Morgan fingerprint density at radius 3 is 2.30 bits per heavy atom. The number of benzene rings is 3. The van der Waals surface area contributed by atoms with Crippen LogP contribution in [0.2, 0.25) is 10.0 Å². The molecule has 0 aliphatic heterocycles. The van der Waals surface area contributed by atoms with E-state index in [1.807, 2.05) is 6.07 Å². The summed E-state index contributed by atoms with van der Waals surface area (Å²) in [5, 5.41) is 19.8. The third-order valence-electron chi connectivity index (χ3n) is 5.74. The van der Waals surface area contributed by atoms with Gasteiger partial charge >= 0.3 is 11.9 Å². The van der Waals surface area contributed by atoms with Crippen LogP contribution in [0.3, 0.4) is 0 Å². The number of carboxylic acids is 2. The van der Waals surface area contributed by atoms with Crippen molar-refractivity contribution in [3.8, 4) is 11.3 Å². The Labute approximate surface area is 222 Å². The van der Waals surface area contributed by atoms with Gasteiger partial charge in [-0.3, -0.25) is 4.79 Å². The number of hydrogen-bond donors (Lipinski definition) is 2. The van der Waals surface area contributed by atoms with Gasteiger partial charge in [0.25, 0.3) is 5.91 Å². The van der Waals surface area contributed by atoms with Gasteiger partial charge in [-0.1, -0.05) is 65.7 Å². The van der Waals surface area contributed by atoms with E-state index in [0.717, 1.165) is 5.56 Å². The van der Waals surface area contributed by atoms with Gasteiger partial charge in [0.2, 0.25) is 0 Å². The minimum absolute atomic E-state index is 0.0569. The quantitative estimate of drug-likeness (QED) is 0.259. The molecular formula is C28H21Cl2NO6. The molecule has 0 fully saturated rings. The smallest absolute Gasteiger partial charge is 0.335 e.